The summed E-state index contributed by atoms with van der Waals surface area (Å²) in [5.74, 6) is 0.911. The van der Waals surface area contributed by atoms with Gasteiger partial charge in [0.2, 0.25) is 0 Å². The molecular formula is C15H17NO. The predicted molar refractivity (Wildman–Crippen MR) is 72.3 cm³/mol. The van der Waals surface area contributed by atoms with Crippen LogP contribution in [-0.2, 0) is 0 Å². The molecule has 0 unspecified atom stereocenters. The van der Waals surface area contributed by atoms with Crippen molar-refractivity contribution in [3.63, 3.8) is 0 Å². The van der Waals surface area contributed by atoms with Crippen LogP contribution in [0.25, 0.3) is 11.1 Å². The number of anilines is 1. The Morgan fingerprint density at radius 2 is 1.53 bits per heavy atom. The minimum atomic E-state index is 0.830. The van der Waals surface area contributed by atoms with Crippen molar-refractivity contribution in [3.05, 3.63) is 47.5 Å². The summed E-state index contributed by atoms with van der Waals surface area (Å²) in [5, 5.41) is 0. The van der Waals surface area contributed by atoms with Gasteiger partial charge < -0.3 is 10.5 Å². The second kappa shape index (κ2) is 4.50. The Kier molecular flexibility index (Phi) is 3.05. The first-order chi connectivity index (χ1) is 8.11. The second-order valence-electron chi connectivity index (χ2n) is 4.26. The molecule has 0 aliphatic heterocycles. The molecule has 0 aromatic heterocycles. The van der Waals surface area contributed by atoms with Gasteiger partial charge in [0.1, 0.15) is 5.75 Å². The maximum Gasteiger partial charge on any atom is 0.121 e. The molecule has 0 heterocycles. The molecule has 0 spiro atoms. The number of hydrogen-bond donors (Lipinski definition) is 1. The Hall–Kier alpha value is -1.96. The first-order valence-corrected chi connectivity index (χ1v) is 5.63. The van der Waals surface area contributed by atoms with E-state index in [2.05, 4.69) is 18.2 Å². The Balaban J connectivity index is 2.46. The highest BCUT2D eigenvalue weighted by molar-refractivity contribution is 5.70. The van der Waals surface area contributed by atoms with Crippen molar-refractivity contribution in [2.75, 3.05) is 12.8 Å². The van der Waals surface area contributed by atoms with Crippen LogP contribution in [0.5, 0.6) is 5.75 Å². The van der Waals surface area contributed by atoms with Gasteiger partial charge in [-0.2, -0.15) is 0 Å². The summed E-state index contributed by atoms with van der Waals surface area (Å²) in [4.78, 5) is 0. The summed E-state index contributed by atoms with van der Waals surface area (Å²) >= 11 is 0. The van der Waals surface area contributed by atoms with E-state index in [1.54, 1.807) is 7.11 Å². The van der Waals surface area contributed by atoms with Gasteiger partial charge in [0.05, 0.1) is 7.11 Å². The van der Waals surface area contributed by atoms with Gasteiger partial charge in [0, 0.05) is 5.69 Å². The summed E-state index contributed by atoms with van der Waals surface area (Å²) in [7, 11) is 1.69. The highest BCUT2D eigenvalue weighted by Crippen LogP contribution is 2.28. The number of nitrogens with two attached hydrogens (primary N) is 1. The van der Waals surface area contributed by atoms with E-state index < -0.39 is 0 Å². The number of hydrogen-bond acceptors (Lipinski definition) is 2. The molecule has 0 amide bonds. The highest BCUT2D eigenvalue weighted by atomic mass is 16.5. The highest BCUT2D eigenvalue weighted by Gasteiger charge is 2.03. The van der Waals surface area contributed by atoms with Crippen LogP contribution in [0.15, 0.2) is 36.4 Å². The van der Waals surface area contributed by atoms with E-state index >= 15 is 0 Å². The van der Waals surface area contributed by atoms with Gasteiger partial charge >= 0.3 is 0 Å². The van der Waals surface area contributed by atoms with Crippen LogP contribution in [0.4, 0.5) is 5.69 Å². The molecule has 2 heteroatoms. The Morgan fingerprint density at radius 1 is 0.882 bits per heavy atom. The first-order valence-electron chi connectivity index (χ1n) is 5.63. The van der Waals surface area contributed by atoms with E-state index in [0.717, 1.165) is 33.7 Å². The zero-order chi connectivity index (χ0) is 12.4. The van der Waals surface area contributed by atoms with Crippen LogP contribution in [-0.4, -0.2) is 7.11 Å². The Bertz CT molecular complexity index is 547. The third kappa shape index (κ3) is 2.26. The summed E-state index contributed by atoms with van der Waals surface area (Å²) in [6, 6.07) is 12.3. The van der Waals surface area contributed by atoms with Gasteiger partial charge in [-0.3, -0.25) is 0 Å². The summed E-state index contributed by atoms with van der Waals surface area (Å²) < 4.78 is 5.25. The summed E-state index contributed by atoms with van der Waals surface area (Å²) in [6.45, 7) is 4.05. The minimum absolute atomic E-state index is 0.830. The number of nitrogen functional groups attached to an aromatic ring is 1. The average Bonchev–Trinajstić information content (AvgIpc) is 2.32. The maximum absolute atomic E-state index is 5.93. The van der Waals surface area contributed by atoms with Crippen molar-refractivity contribution >= 4 is 5.69 Å². The minimum Gasteiger partial charge on any atom is -0.496 e. The van der Waals surface area contributed by atoms with E-state index in [9.17, 15) is 0 Å². The van der Waals surface area contributed by atoms with Gasteiger partial charge in [0.25, 0.3) is 0 Å². The zero-order valence-electron chi connectivity index (χ0n) is 10.4. The standard InChI is InChI=1S/C15H17NO/c1-10-4-5-13(9-14(10)16)12-6-7-15(17-3)11(2)8-12/h4-9H,16H2,1-3H3. The largest absolute Gasteiger partial charge is 0.496 e. The molecule has 2 aromatic carbocycles. The van der Waals surface area contributed by atoms with Crippen LogP contribution >= 0.6 is 0 Å². The van der Waals surface area contributed by atoms with E-state index in [1.165, 1.54) is 0 Å². The molecule has 2 rings (SSSR count). The fourth-order valence-corrected chi connectivity index (χ4v) is 1.88. The van der Waals surface area contributed by atoms with Gasteiger partial charge in [-0.05, 0) is 54.3 Å². The van der Waals surface area contributed by atoms with Crippen molar-refractivity contribution < 1.29 is 4.74 Å². The third-order valence-electron chi connectivity index (χ3n) is 3.01. The van der Waals surface area contributed by atoms with Gasteiger partial charge in [-0.1, -0.05) is 18.2 Å². The monoisotopic (exact) mass is 227 g/mol. The molecule has 0 saturated heterocycles. The lowest BCUT2D eigenvalue weighted by molar-refractivity contribution is 0.412. The van der Waals surface area contributed by atoms with E-state index in [0.29, 0.717) is 0 Å². The zero-order valence-corrected chi connectivity index (χ0v) is 10.4. The number of methoxy groups -OCH3 is 1. The lowest BCUT2D eigenvalue weighted by atomic mass is 10.0. The lowest BCUT2D eigenvalue weighted by Crippen LogP contribution is -1.91. The van der Waals surface area contributed by atoms with Crippen molar-refractivity contribution in [3.8, 4) is 16.9 Å². The molecule has 0 atom stereocenters. The van der Waals surface area contributed by atoms with E-state index in [1.807, 2.05) is 32.0 Å². The smallest absolute Gasteiger partial charge is 0.121 e. The molecule has 0 saturated carbocycles. The molecule has 0 bridgehead atoms. The predicted octanol–water partition coefficient (Wildman–Crippen LogP) is 3.56. The molecule has 0 aliphatic rings. The SMILES string of the molecule is COc1ccc(-c2ccc(C)c(N)c2)cc1C. The van der Waals surface area contributed by atoms with Crippen LogP contribution in [0.3, 0.4) is 0 Å². The summed E-state index contributed by atoms with van der Waals surface area (Å²) in [5.41, 5.74) is 11.3. The molecule has 0 aliphatic carbocycles. The second-order valence-corrected chi connectivity index (χ2v) is 4.26. The van der Waals surface area contributed by atoms with Crippen molar-refractivity contribution in [1.82, 2.24) is 0 Å². The van der Waals surface area contributed by atoms with E-state index in [-0.39, 0.29) is 0 Å². The van der Waals surface area contributed by atoms with Gasteiger partial charge in [0.15, 0.2) is 0 Å². The van der Waals surface area contributed by atoms with Crippen molar-refractivity contribution in [2.24, 2.45) is 0 Å². The average molecular weight is 227 g/mol. The molecule has 0 radical (unpaired) electrons. The number of rotatable bonds is 2. The number of benzene rings is 2. The fraction of sp³-hybridized carbons (Fsp3) is 0.200. The third-order valence-corrected chi connectivity index (χ3v) is 3.01. The van der Waals surface area contributed by atoms with Crippen LogP contribution < -0.4 is 10.5 Å². The maximum atomic E-state index is 5.93. The molecule has 2 nitrogen and oxygen atoms in total. The normalized spacial score (nSPS) is 10.3. The van der Waals surface area contributed by atoms with Crippen LogP contribution in [0, 0.1) is 13.8 Å². The topological polar surface area (TPSA) is 35.2 Å². The quantitative estimate of drug-likeness (QED) is 0.796. The van der Waals surface area contributed by atoms with Crippen LogP contribution in [0.1, 0.15) is 11.1 Å². The summed E-state index contributed by atoms with van der Waals surface area (Å²) in [6.07, 6.45) is 0. The molecule has 88 valence electrons. The molecule has 2 N–H and O–H groups in total. The van der Waals surface area contributed by atoms with Gasteiger partial charge in [-0.25, -0.2) is 0 Å². The molecular weight excluding hydrogens is 210 g/mol. The molecule has 17 heavy (non-hydrogen) atoms. The number of ether oxygens (including phenoxy) is 1. The fourth-order valence-electron chi connectivity index (χ4n) is 1.88. The first kappa shape index (κ1) is 11.5. The van der Waals surface area contributed by atoms with Crippen molar-refractivity contribution in [1.29, 1.82) is 0 Å². The lowest BCUT2D eigenvalue weighted by Gasteiger charge is -2.09. The Labute approximate surface area is 102 Å². The van der Waals surface area contributed by atoms with Crippen molar-refractivity contribution in [2.45, 2.75) is 13.8 Å². The Morgan fingerprint density at radius 3 is 2.12 bits per heavy atom. The van der Waals surface area contributed by atoms with E-state index in [4.69, 9.17) is 10.5 Å². The van der Waals surface area contributed by atoms with Crippen LogP contribution in [0.2, 0.25) is 0 Å². The number of aryl methyl sites for hydroxylation is 2. The van der Waals surface area contributed by atoms with Gasteiger partial charge in [-0.15, -0.1) is 0 Å². The molecule has 2 aromatic rings. The molecule has 0 fully saturated rings.